The van der Waals surface area contributed by atoms with E-state index in [1.165, 1.54) is 11.1 Å². The number of rotatable bonds is 3. The van der Waals surface area contributed by atoms with Crippen LogP contribution in [0.15, 0.2) is 40.9 Å². The quantitative estimate of drug-likeness (QED) is 0.896. The van der Waals surface area contributed by atoms with Crippen molar-refractivity contribution in [3.05, 3.63) is 57.6 Å². The Morgan fingerprint density at radius 2 is 2.00 bits per heavy atom. The largest absolute Gasteiger partial charge is 0.497 e. The highest BCUT2D eigenvalue weighted by Crippen LogP contribution is 2.28. The maximum absolute atomic E-state index is 12.4. The van der Waals surface area contributed by atoms with E-state index < -0.39 is 0 Å². The van der Waals surface area contributed by atoms with Crippen LogP contribution in [0, 0.1) is 0 Å². The van der Waals surface area contributed by atoms with Crippen molar-refractivity contribution in [1.29, 1.82) is 0 Å². The summed E-state index contributed by atoms with van der Waals surface area (Å²) in [5, 5.41) is 6.18. The summed E-state index contributed by atoms with van der Waals surface area (Å²) < 4.78 is 6.00. The van der Waals surface area contributed by atoms with Gasteiger partial charge >= 0.3 is 0 Å². The fourth-order valence-corrected chi connectivity index (χ4v) is 2.70. The van der Waals surface area contributed by atoms with E-state index in [0.29, 0.717) is 17.0 Å². The van der Waals surface area contributed by atoms with E-state index in [2.05, 4.69) is 26.6 Å². The Balaban J connectivity index is 1.83. The van der Waals surface area contributed by atoms with Crippen LogP contribution < -0.4 is 15.4 Å². The lowest BCUT2D eigenvalue weighted by atomic mass is 10.1. The first-order chi connectivity index (χ1) is 10.2. The minimum Gasteiger partial charge on any atom is -0.497 e. The molecular weight excluding hydrogens is 332 g/mol. The Kier molecular flexibility index (Phi) is 3.94. The van der Waals surface area contributed by atoms with Crippen molar-refractivity contribution in [2.24, 2.45) is 0 Å². The number of fused-ring (bicyclic) bond motifs is 1. The van der Waals surface area contributed by atoms with E-state index in [0.717, 1.165) is 17.6 Å². The molecule has 0 unspecified atom stereocenters. The fraction of sp³-hybridized carbons (Fsp3) is 0.188. The minimum atomic E-state index is -0.126. The first kappa shape index (κ1) is 14.1. The molecule has 108 valence electrons. The lowest BCUT2D eigenvalue weighted by Gasteiger charge is -2.10. The molecule has 1 aliphatic heterocycles. The molecule has 1 aliphatic rings. The number of hydrogen-bond acceptors (Lipinski definition) is 3. The molecule has 2 aromatic carbocycles. The van der Waals surface area contributed by atoms with Crippen LogP contribution in [0.5, 0.6) is 5.75 Å². The fourth-order valence-electron chi connectivity index (χ4n) is 2.36. The van der Waals surface area contributed by atoms with E-state index in [1.54, 1.807) is 13.2 Å². The first-order valence-corrected chi connectivity index (χ1v) is 7.44. The van der Waals surface area contributed by atoms with E-state index in [9.17, 15) is 4.79 Å². The summed E-state index contributed by atoms with van der Waals surface area (Å²) >= 11 is 3.43. The molecule has 1 heterocycles. The molecule has 2 aromatic rings. The number of carbonyl (C=O) groups is 1. The van der Waals surface area contributed by atoms with Gasteiger partial charge in [-0.2, -0.15) is 0 Å². The van der Waals surface area contributed by atoms with Crippen molar-refractivity contribution >= 4 is 27.5 Å². The maximum Gasteiger partial charge on any atom is 0.255 e. The van der Waals surface area contributed by atoms with Crippen LogP contribution in [0.2, 0.25) is 0 Å². The number of ether oxygens (including phenoxy) is 1. The Hall–Kier alpha value is -1.85. The second-order valence-corrected chi connectivity index (χ2v) is 5.74. The van der Waals surface area contributed by atoms with Gasteiger partial charge in [-0.25, -0.2) is 0 Å². The third-order valence-electron chi connectivity index (χ3n) is 3.52. The zero-order valence-corrected chi connectivity index (χ0v) is 13.2. The number of nitrogens with one attached hydrogen (secondary N) is 2. The van der Waals surface area contributed by atoms with Gasteiger partial charge in [0.15, 0.2) is 0 Å². The van der Waals surface area contributed by atoms with Gasteiger partial charge in [0.25, 0.3) is 5.91 Å². The summed E-state index contributed by atoms with van der Waals surface area (Å²) in [4.78, 5) is 12.4. The smallest absolute Gasteiger partial charge is 0.255 e. The number of carbonyl (C=O) groups excluding carboxylic acids is 1. The summed E-state index contributed by atoms with van der Waals surface area (Å²) in [6.07, 6.45) is 0. The van der Waals surface area contributed by atoms with Gasteiger partial charge < -0.3 is 15.4 Å². The number of benzene rings is 2. The van der Waals surface area contributed by atoms with Gasteiger partial charge in [0.05, 0.1) is 12.8 Å². The van der Waals surface area contributed by atoms with Gasteiger partial charge in [-0.1, -0.05) is 6.07 Å². The molecule has 4 nitrogen and oxygen atoms in total. The highest BCUT2D eigenvalue weighted by molar-refractivity contribution is 9.10. The number of hydrogen-bond donors (Lipinski definition) is 2. The zero-order chi connectivity index (χ0) is 14.8. The van der Waals surface area contributed by atoms with E-state index in [4.69, 9.17) is 4.74 Å². The maximum atomic E-state index is 12.4. The predicted molar refractivity (Wildman–Crippen MR) is 85.6 cm³/mol. The molecule has 2 N–H and O–H groups in total. The van der Waals surface area contributed by atoms with Crippen LogP contribution >= 0.6 is 15.9 Å². The third kappa shape index (κ3) is 2.94. The van der Waals surface area contributed by atoms with Gasteiger partial charge in [-0.15, -0.1) is 0 Å². The molecule has 0 aromatic heterocycles. The molecule has 0 atom stereocenters. The van der Waals surface area contributed by atoms with Gasteiger partial charge in [0.1, 0.15) is 5.75 Å². The summed E-state index contributed by atoms with van der Waals surface area (Å²) in [7, 11) is 1.60. The second-order valence-electron chi connectivity index (χ2n) is 4.89. The first-order valence-electron chi connectivity index (χ1n) is 6.65. The van der Waals surface area contributed by atoms with Gasteiger partial charge in [-0.3, -0.25) is 4.79 Å². The van der Waals surface area contributed by atoms with E-state index >= 15 is 0 Å². The van der Waals surface area contributed by atoms with Crippen LogP contribution in [-0.4, -0.2) is 13.0 Å². The van der Waals surface area contributed by atoms with Crippen molar-refractivity contribution in [3.63, 3.8) is 0 Å². The normalized spacial score (nSPS) is 12.9. The second kappa shape index (κ2) is 5.87. The molecule has 0 fully saturated rings. The zero-order valence-electron chi connectivity index (χ0n) is 11.6. The average Bonchev–Trinajstić information content (AvgIpc) is 2.96. The summed E-state index contributed by atoms with van der Waals surface area (Å²) in [6, 6.07) is 11.3. The number of methoxy groups -OCH3 is 1. The third-order valence-corrected chi connectivity index (χ3v) is 4.21. The number of amides is 1. The Bertz CT molecular complexity index is 701. The molecule has 3 rings (SSSR count). The Morgan fingerprint density at radius 1 is 1.19 bits per heavy atom. The Labute approximate surface area is 131 Å². The molecule has 0 aliphatic carbocycles. The standard InChI is InChI=1S/C16H15BrN2O2/c1-21-13-4-5-14(17)15(7-13)19-16(20)10-2-3-11-8-18-9-12(11)6-10/h2-7,18H,8-9H2,1H3,(H,19,20). The molecule has 0 spiro atoms. The lowest BCUT2D eigenvalue weighted by Crippen LogP contribution is -2.12. The van der Waals surface area contributed by atoms with Crippen LogP contribution in [0.1, 0.15) is 21.5 Å². The highest BCUT2D eigenvalue weighted by Gasteiger charge is 2.14. The van der Waals surface area contributed by atoms with E-state index in [-0.39, 0.29) is 5.91 Å². The van der Waals surface area contributed by atoms with Crippen molar-refractivity contribution in [2.75, 3.05) is 12.4 Å². The van der Waals surface area contributed by atoms with Gasteiger partial charge in [0.2, 0.25) is 0 Å². The molecule has 1 amide bonds. The SMILES string of the molecule is COc1ccc(Br)c(NC(=O)c2ccc3c(c2)CNC3)c1. The molecular formula is C16H15BrN2O2. The Morgan fingerprint density at radius 3 is 2.81 bits per heavy atom. The number of halogens is 1. The van der Waals surface area contributed by atoms with Crippen molar-refractivity contribution in [3.8, 4) is 5.75 Å². The van der Waals surface area contributed by atoms with Crippen LogP contribution in [0.25, 0.3) is 0 Å². The number of anilines is 1. The van der Waals surface area contributed by atoms with Crippen LogP contribution in [-0.2, 0) is 13.1 Å². The molecule has 0 radical (unpaired) electrons. The minimum absolute atomic E-state index is 0.126. The molecule has 5 heteroatoms. The van der Waals surface area contributed by atoms with Crippen LogP contribution in [0.4, 0.5) is 5.69 Å². The van der Waals surface area contributed by atoms with Crippen molar-refractivity contribution in [1.82, 2.24) is 5.32 Å². The van der Waals surface area contributed by atoms with E-state index in [1.807, 2.05) is 30.3 Å². The van der Waals surface area contributed by atoms with Crippen molar-refractivity contribution in [2.45, 2.75) is 13.1 Å². The molecule has 21 heavy (non-hydrogen) atoms. The van der Waals surface area contributed by atoms with Crippen LogP contribution in [0.3, 0.4) is 0 Å². The molecule has 0 bridgehead atoms. The highest BCUT2D eigenvalue weighted by atomic mass is 79.9. The topological polar surface area (TPSA) is 50.4 Å². The monoisotopic (exact) mass is 346 g/mol. The average molecular weight is 347 g/mol. The molecule has 0 saturated carbocycles. The van der Waals surface area contributed by atoms with Crippen molar-refractivity contribution < 1.29 is 9.53 Å². The predicted octanol–water partition coefficient (Wildman–Crippen LogP) is 3.31. The lowest BCUT2D eigenvalue weighted by molar-refractivity contribution is 0.102. The summed E-state index contributed by atoms with van der Waals surface area (Å²) in [5.41, 5.74) is 3.80. The van der Waals surface area contributed by atoms with Gasteiger partial charge in [-0.05, 0) is 51.3 Å². The summed E-state index contributed by atoms with van der Waals surface area (Å²) in [6.45, 7) is 1.69. The molecule has 0 saturated heterocycles. The van der Waals surface area contributed by atoms with Gasteiger partial charge in [0, 0.05) is 29.2 Å². The summed E-state index contributed by atoms with van der Waals surface area (Å²) in [5.74, 6) is 0.574.